The lowest BCUT2D eigenvalue weighted by Gasteiger charge is -2.34. The number of hydrogen-bond donors (Lipinski definition) is 2. The van der Waals surface area contributed by atoms with Crippen molar-refractivity contribution in [1.29, 1.82) is 0 Å². The number of nitro groups is 1. The van der Waals surface area contributed by atoms with Gasteiger partial charge in [0, 0.05) is 56.3 Å². The van der Waals surface area contributed by atoms with Crippen LogP contribution in [0.2, 0.25) is 0 Å². The number of amides is 2. The first-order chi connectivity index (χ1) is 11.0. The molecule has 0 unspecified atom stereocenters. The van der Waals surface area contributed by atoms with Gasteiger partial charge in [0.25, 0.3) is 11.6 Å². The highest BCUT2D eigenvalue weighted by atomic mass is 16.6. The molecule has 1 saturated heterocycles. The molecule has 0 aromatic heterocycles. The molecule has 0 aliphatic carbocycles. The lowest BCUT2D eigenvalue weighted by Crippen LogP contribution is -2.52. The molecule has 8 heteroatoms. The second-order valence-electron chi connectivity index (χ2n) is 5.45. The number of nitrogens with one attached hydrogen (secondary N) is 2. The van der Waals surface area contributed by atoms with Crippen LogP contribution in [0.3, 0.4) is 0 Å². The Morgan fingerprint density at radius 1 is 1.39 bits per heavy atom. The van der Waals surface area contributed by atoms with Gasteiger partial charge in [-0.15, -0.1) is 0 Å². The van der Waals surface area contributed by atoms with Crippen LogP contribution in [0.15, 0.2) is 24.3 Å². The van der Waals surface area contributed by atoms with E-state index in [0.717, 1.165) is 13.1 Å². The van der Waals surface area contributed by atoms with Gasteiger partial charge in [0.15, 0.2) is 0 Å². The summed E-state index contributed by atoms with van der Waals surface area (Å²) in [6.07, 6.45) is 0.239. The number of nitrogens with zero attached hydrogens (tertiary/aromatic N) is 2. The zero-order valence-electron chi connectivity index (χ0n) is 12.9. The minimum Gasteiger partial charge on any atom is -0.352 e. The Morgan fingerprint density at radius 3 is 2.70 bits per heavy atom. The third-order valence-corrected chi connectivity index (χ3v) is 3.79. The van der Waals surface area contributed by atoms with E-state index in [4.69, 9.17) is 0 Å². The van der Waals surface area contributed by atoms with E-state index in [9.17, 15) is 19.7 Å². The number of nitro benzene ring substituents is 1. The largest absolute Gasteiger partial charge is 0.352 e. The number of rotatable bonds is 5. The molecular weight excluding hydrogens is 300 g/mol. The molecule has 23 heavy (non-hydrogen) atoms. The molecule has 0 radical (unpaired) electrons. The Hall–Kier alpha value is -2.48. The molecule has 2 rings (SSSR count). The van der Waals surface area contributed by atoms with Gasteiger partial charge in [-0.25, -0.2) is 0 Å². The molecular formula is C15H20N4O4. The van der Waals surface area contributed by atoms with Gasteiger partial charge in [-0.1, -0.05) is 0 Å². The normalized spacial score (nSPS) is 17.6. The summed E-state index contributed by atoms with van der Waals surface area (Å²) in [5, 5.41) is 16.4. The van der Waals surface area contributed by atoms with E-state index >= 15 is 0 Å². The summed E-state index contributed by atoms with van der Waals surface area (Å²) in [6.45, 7) is 4.47. The maximum atomic E-state index is 12.1. The van der Waals surface area contributed by atoms with Crippen LogP contribution in [-0.2, 0) is 4.79 Å². The predicted octanol–water partition coefficient (Wildman–Crippen LogP) is 0.535. The van der Waals surface area contributed by atoms with Crippen molar-refractivity contribution >= 4 is 17.5 Å². The highest BCUT2D eigenvalue weighted by Crippen LogP contribution is 2.11. The number of hydrogen-bond acceptors (Lipinski definition) is 5. The maximum Gasteiger partial charge on any atom is 0.269 e. The highest BCUT2D eigenvalue weighted by Gasteiger charge is 2.22. The average molecular weight is 320 g/mol. The first kappa shape index (κ1) is 16.9. The van der Waals surface area contributed by atoms with E-state index in [1.165, 1.54) is 24.3 Å². The SMILES string of the molecule is C[C@@H]1CNCCN1C(=O)CCNC(=O)c1ccc([N+](=O)[O-])cc1. The van der Waals surface area contributed by atoms with Crippen molar-refractivity contribution in [1.82, 2.24) is 15.5 Å². The summed E-state index contributed by atoms with van der Waals surface area (Å²) in [5.74, 6) is -0.330. The molecule has 1 aromatic carbocycles. The van der Waals surface area contributed by atoms with E-state index in [0.29, 0.717) is 12.1 Å². The minimum atomic E-state index is -0.519. The fourth-order valence-corrected chi connectivity index (χ4v) is 2.47. The first-order valence-corrected chi connectivity index (χ1v) is 7.52. The van der Waals surface area contributed by atoms with Gasteiger partial charge in [0.1, 0.15) is 0 Å². The van der Waals surface area contributed by atoms with Crippen molar-refractivity contribution in [3.05, 3.63) is 39.9 Å². The van der Waals surface area contributed by atoms with Crippen LogP contribution in [0.25, 0.3) is 0 Å². The van der Waals surface area contributed by atoms with Crippen LogP contribution < -0.4 is 10.6 Å². The topological polar surface area (TPSA) is 105 Å². The summed E-state index contributed by atoms with van der Waals surface area (Å²) in [4.78, 5) is 35.9. The molecule has 1 aliphatic rings. The summed E-state index contributed by atoms with van der Waals surface area (Å²) in [7, 11) is 0. The fraction of sp³-hybridized carbons (Fsp3) is 0.467. The van der Waals surface area contributed by atoms with Crippen molar-refractivity contribution in [3.63, 3.8) is 0 Å². The molecule has 1 atom stereocenters. The Bertz CT molecular complexity index is 588. The van der Waals surface area contributed by atoms with Crippen LogP contribution in [-0.4, -0.2) is 53.9 Å². The quantitative estimate of drug-likeness (QED) is 0.608. The van der Waals surface area contributed by atoms with Crippen LogP contribution in [0, 0.1) is 10.1 Å². The number of piperazine rings is 1. The summed E-state index contributed by atoms with van der Waals surface area (Å²) in [6, 6.07) is 5.51. The molecule has 2 N–H and O–H groups in total. The zero-order valence-corrected chi connectivity index (χ0v) is 12.9. The highest BCUT2D eigenvalue weighted by molar-refractivity contribution is 5.94. The smallest absolute Gasteiger partial charge is 0.269 e. The minimum absolute atomic E-state index is 0.0167. The predicted molar refractivity (Wildman–Crippen MR) is 84.1 cm³/mol. The van der Waals surface area contributed by atoms with Crippen molar-refractivity contribution in [2.75, 3.05) is 26.2 Å². The second kappa shape index (κ2) is 7.68. The molecule has 2 amide bonds. The van der Waals surface area contributed by atoms with E-state index in [1.807, 2.05) is 11.8 Å². The van der Waals surface area contributed by atoms with Crippen LogP contribution >= 0.6 is 0 Å². The molecule has 1 aromatic rings. The van der Waals surface area contributed by atoms with Gasteiger partial charge in [-0.2, -0.15) is 0 Å². The third kappa shape index (κ3) is 4.49. The Balaban J connectivity index is 1.80. The molecule has 8 nitrogen and oxygen atoms in total. The Kier molecular flexibility index (Phi) is 5.64. The Morgan fingerprint density at radius 2 is 2.09 bits per heavy atom. The van der Waals surface area contributed by atoms with Gasteiger partial charge in [-0.3, -0.25) is 19.7 Å². The molecule has 1 heterocycles. The number of benzene rings is 1. The standard InChI is InChI=1S/C15H20N4O4/c1-11-10-16-8-9-18(11)14(20)6-7-17-15(21)12-2-4-13(5-3-12)19(22)23/h2-5,11,16H,6-10H2,1H3,(H,17,21)/t11-/m1/s1. The molecule has 1 aliphatic heterocycles. The van der Waals surface area contributed by atoms with Crippen LogP contribution in [0.4, 0.5) is 5.69 Å². The zero-order chi connectivity index (χ0) is 16.8. The van der Waals surface area contributed by atoms with E-state index in [-0.39, 0.29) is 36.5 Å². The van der Waals surface area contributed by atoms with E-state index < -0.39 is 4.92 Å². The lowest BCUT2D eigenvalue weighted by atomic mass is 10.2. The van der Waals surface area contributed by atoms with Crippen molar-refractivity contribution in [2.24, 2.45) is 0 Å². The number of carbonyl (C=O) groups excluding carboxylic acids is 2. The summed E-state index contributed by atoms with van der Waals surface area (Å²) in [5.41, 5.74) is 0.267. The summed E-state index contributed by atoms with van der Waals surface area (Å²) >= 11 is 0. The monoisotopic (exact) mass is 320 g/mol. The van der Waals surface area contributed by atoms with Gasteiger partial charge < -0.3 is 15.5 Å². The van der Waals surface area contributed by atoms with Crippen molar-refractivity contribution in [3.8, 4) is 0 Å². The van der Waals surface area contributed by atoms with Gasteiger partial charge in [-0.05, 0) is 19.1 Å². The van der Waals surface area contributed by atoms with Gasteiger partial charge in [0.2, 0.25) is 5.91 Å². The Labute approximate surface area is 134 Å². The molecule has 124 valence electrons. The molecule has 0 spiro atoms. The molecule has 1 fully saturated rings. The first-order valence-electron chi connectivity index (χ1n) is 7.52. The third-order valence-electron chi connectivity index (χ3n) is 3.79. The number of non-ortho nitro benzene ring substituents is 1. The van der Waals surface area contributed by atoms with Crippen molar-refractivity contribution < 1.29 is 14.5 Å². The fourth-order valence-electron chi connectivity index (χ4n) is 2.47. The van der Waals surface area contributed by atoms with E-state index in [1.54, 1.807) is 0 Å². The molecule has 0 bridgehead atoms. The second-order valence-corrected chi connectivity index (χ2v) is 5.45. The average Bonchev–Trinajstić information content (AvgIpc) is 2.55. The van der Waals surface area contributed by atoms with Crippen LogP contribution in [0.5, 0.6) is 0 Å². The summed E-state index contributed by atoms with van der Waals surface area (Å²) < 4.78 is 0. The van der Waals surface area contributed by atoms with Crippen LogP contribution in [0.1, 0.15) is 23.7 Å². The van der Waals surface area contributed by atoms with E-state index in [2.05, 4.69) is 10.6 Å². The van der Waals surface area contributed by atoms with Crippen molar-refractivity contribution in [2.45, 2.75) is 19.4 Å². The lowest BCUT2D eigenvalue weighted by molar-refractivity contribution is -0.384. The molecule has 0 saturated carbocycles. The van der Waals surface area contributed by atoms with Gasteiger partial charge >= 0.3 is 0 Å². The van der Waals surface area contributed by atoms with Gasteiger partial charge in [0.05, 0.1) is 4.92 Å². The number of carbonyl (C=O) groups is 2. The maximum absolute atomic E-state index is 12.1.